The number of carbonyl (C=O) groups is 1. The van der Waals surface area contributed by atoms with Crippen LogP contribution in [0.2, 0.25) is 0 Å². The lowest BCUT2D eigenvalue weighted by molar-refractivity contribution is 0.102. The Kier molecular flexibility index (Phi) is 4.71. The van der Waals surface area contributed by atoms with Crippen LogP contribution in [-0.4, -0.2) is 20.7 Å². The van der Waals surface area contributed by atoms with Crippen molar-refractivity contribution in [3.05, 3.63) is 71.4 Å². The molecule has 134 valence electrons. The predicted octanol–water partition coefficient (Wildman–Crippen LogP) is 4.57. The third-order valence-electron chi connectivity index (χ3n) is 4.39. The molecular formula is C21H22N2O3. The van der Waals surface area contributed by atoms with Crippen LogP contribution in [0.25, 0.3) is 5.69 Å². The molecule has 0 saturated carbocycles. The topological polar surface area (TPSA) is 74.5 Å². The number of amides is 1. The van der Waals surface area contributed by atoms with Gasteiger partial charge < -0.3 is 15.5 Å². The average molecular weight is 350 g/mol. The highest BCUT2D eigenvalue weighted by molar-refractivity contribution is 6.08. The van der Waals surface area contributed by atoms with Crippen LogP contribution in [0.3, 0.4) is 0 Å². The number of benzene rings is 2. The second-order valence-corrected chi connectivity index (χ2v) is 6.57. The third kappa shape index (κ3) is 3.16. The molecule has 0 aliphatic carbocycles. The maximum absolute atomic E-state index is 12.7. The van der Waals surface area contributed by atoms with Gasteiger partial charge in [-0.3, -0.25) is 9.36 Å². The van der Waals surface area contributed by atoms with Gasteiger partial charge in [0.2, 0.25) is 5.88 Å². The van der Waals surface area contributed by atoms with E-state index in [1.54, 1.807) is 6.07 Å². The molecular weight excluding hydrogens is 328 g/mol. The molecule has 2 aromatic carbocycles. The molecule has 3 aromatic rings. The van der Waals surface area contributed by atoms with Gasteiger partial charge in [-0.15, -0.1) is 0 Å². The van der Waals surface area contributed by atoms with E-state index in [2.05, 4.69) is 5.32 Å². The van der Waals surface area contributed by atoms with Crippen LogP contribution >= 0.6 is 0 Å². The molecule has 0 bridgehead atoms. The summed E-state index contributed by atoms with van der Waals surface area (Å²) in [5.41, 5.74) is 3.11. The number of nitrogens with one attached hydrogen (secondary N) is 1. The van der Waals surface area contributed by atoms with Crippen molar-refractivity contribution >= 4 is 11.6 Å². The zero-order valence-electron chi connectivity index (χ0n) is 15.0. The number of nitrogens with zero attached hydrogens (tertiary/aromatic N) is 1. The summed E-state index contributed by atoms with van der Waals surface area (Å²) in [7, 11) is 0. The van der Waals surface area contributed by atoms with Crippen molar-refractivity contribution in [3.63, 3.8) is 0 Å². The van der Waals surface area contributed by atoms with Crippen LogP contribution < -0.4 is 5.32 Å². The zero-order chi connectivity index (χ0) is 18.8. The number of hydrogen-bond acceptors (Lipinski definition) is 3. The van der Waals surface area contributed by atoms with Gasteiger partial charge in [-0.1, -0.05) is 50.2 Å². The molecule has 0 fully saturated rings. The molecule has 1 amide bonds. The Hall–Kier alpha value is -3.21. The van der Waals surface area contributed by atoms with E-state index in [1.807, 2.05) is 63.2 Å². The van der Waals surface area contributed by atoms with Gasteiger partial charge in [0.15, 0.2) is 0 Å². The summed E-state index contributed by atoms with van der Waals surface area (Å²) >= 11 is 0. The molecule has 0 atom stereocenters. The fourth-order valence-electron chi connectivity index (χ4n) is 3.02. The quantitative estimate of drug-likeness (QED) is 0.645. The Morgan fingerprint density at radius 1 is 1.04 bits per heavy atom. The minimum atomic E-state index is -0.555. The number of anilines is 1. The van der Waals surface area contributed by atoms with Crippen molar-refractivity contribution in [3.8, 4) is 17.3 Å². The normalized spacial score (nSPS) is 10.9. The number of aryl methyl sites for hydroxylation is 1. The molecule has 3 rings (SSSR count). The molecule has 0 unspecified atom stereocenters. The number of carbonyl (C=O) groups excluding carboxylic acids is 1. The van der Waals surface area contributed by atoms with Gasteiger partial charge in [0.25, 0.3) is 5.91 Å². The first-order valence-corrected chi connectivity index (χ1v) is 8.49. The van der Waals surface area contributed by atoms with Crippen molar-refractivity contribution in [2.75, 3.05) is 5.32 Å². The monoisotopic (exact) mass is 350 g/mol. The Morgan fingerprint density at radius 2 is 1.69 bits per heavy atom. The third-order valence-corrected chi connectivity index (χ3v) is 4.39. The van der Waals surface area contributed by atoms with Crippen LogP contribution in [0, 0.1) is 6.92 Å². The maximum Gasteiger partial charge on any atom is 0.264 e. The lowest BCUT2D eigenvalue weighted by atomic mass is 10.0. The fraction of sp³-hybridized carbons (Fsp3) is 0.190. The summed E-state index contributed by atoms with van der Waals surface area (Å²) in [4.78, 5) is 12.7. The van der Waals surface area contributed by atoms with Crippen molar-refractivity contribution in [1.29, 1.82) is 0 Å². The first kappa shape index (κ1) is 17.6. The lowest BCUT2D eigenvalue weighted by Gasteiger charge is -2.13. The highest BCUT2D eigenvalue weighted by Crippen LogP contribution is 2.34. The van der Waals surface area contributed by atoms with Gasteiger partial charge >= 0.3 is 0 Å². The van der Waals surface area contributed by atoms with E-state index in [9.17, 15) is 15.0 Å². The Morgan fingerprint density at radius 3 is 2.38 bits per heavy atom. The zero-order valence-corrected chi connectivity index (χ0v) is 15.0. The minimum Gasteiger partial charge on any atom is -0.505 e. The van der Waals surface area contributed by atoms with Crippen LogP contribution in [0.4, 0.5) is 5.69 Å². The Bertz CT molecular complexity index is 958. The van der Waals surface area contributed by atoms with E-state index in [-0.39, 0.29) is 23.1 Å². The van der Waals surface area contributed by atoms with Gasteiger partial charge in [0, 0.05) is 5.69 Å². The molecule has 0 aliphatic rings. The maximum atomic E-state index is 12.7. The van der Waals surface area contributed by atoms with Crippen LogP contribution in [-0.2, 0) is 0 Å². The number of hydrogen-bond donors (Lipinski definition) is 3. The number of rotatable bonds is 4. The molecule has 3 N–H and O–H groups in total. The number of aromatic hydroxyl groups is 2. The smallest absolute Gasteiger partial charge is 0.264 e. The summed E-state index contributed by atoms with van der Waals surface area (Å²) in [6.45, 7) is 5.97. The van der Waals surface area contributed by atoms with Crippen molar-refractivity contribution in [2.45, 2.75) is 26.7 Å². The molecule has 5 nitrogen and oxygen atoms in total. The molecule has 0 radical (unpaired) electrons. The van der Waals surface area contributed by atoms with Gasteiger partial charge in [-0.25, -0.2) is 0 Å². The molecule has 1 aromatic heterocycles. The van der Waals surface area contributed by atoms with Crippen LogP contribution in [0.15, 0.2) is 54.7 Å². The molecule has 1 heterocycles. The summed E-state index contributed by atoms with van der Waals surface area (Å²) in [5, 5.41) is 23.6. The predicted molar refractivity (Wildman–Crippen MR) is 102 cm³/mol. The largest absolute Gasteiger partial charge is 0.505 e. The Balaban J connectivity index is 1.98. The van der Waals surface area contributed by atoms with E-state index < -0.39 is 5.91 Å². The van der Waals surface area contributed by atoms with E-state index in [1.165, 1.54) is 10.8 Å². The standard InChI is InChI=1S/C21H22N2O3/c1-13(2)15-9-5-6-10-16(15)22-20(25)19-18(24)12-23(21(19)26)17-11-7-4-8-14(17)3/h4-13,24,26H,1-3H3,(H,22,25). The fourth-order valence-corrected chi connectivity index (χ4v) is 3.02. The summed E-state index contributed by atoms with van der Waals surface area (Å²) in [5.74, 6) is -0.896. The SMILES string of the molecule is Cc1ccccc1-n1cc(O)c(C(=O)Nc2ccccc2C(C)C)c1O. The number of aromatic nitrogens is 1. The second-order valence-electron chi connectivity index (χ2n) is 6.57. The van der Waals surface area contributed by atoms with Crippen LogP contribution in [0.5, 0.6) is 11.6 Å². The summed E-state index contributed by atoms with van der Waals surface area (Å²) < 4.78 is 1.41. The van der Waals surface area contributed by atoms with E-state index in [0.29, 0.717) is 11.4 Å². The highest BCUT2D eigenvalue weighted by Gasteiger charge is 2.24. The van der Waals surface area contributed by atoms with Gasteiger partial charge in [0.05, 0.1) is 11.9 Å². The number of para-hydroxylation sites is 2. The second kappa shape index (κ2) is 6.96. The average Bonchev–Trinajstić information content (AvgIpc) is 2.90. The first-order valence-electron chi connectivity index (χ1n) is 8.49. The minimum absolute atomic E-state index is 0.146. The highest BCUT2D eigenvalue weighted by atomic mass is 16.3. The molecule has 0 saturated heterocycles. The molecule has 5 heteroatoms. The summed E-state index contributed by atoms with van der Waals surface area (Å²) in [6.07, 6.45) is 1.35. The van der Waals surface area contributed by atoms with Crippen molar-refractivity contribution in [1.82, 2.24) is 4.57 Å². The van der Waals surface area contributed by atoms with Gasteiger partial charge in [-0.05, 0) is 36.1 Å². The van der Waals surface area contributed by atoms with Gasteiger partial charge in [0.1, 0.15) is 11.3 Å². The molecule has 0 spiro atoms. The van der Waals surface area contributed by atoms with E-state index in [0.717, 1.165) is 11.1 Å². The first-order chi connectivity index (χ1) is 12.4. The summed E-state index contributed by atoms with van der Waals surface area (Å²) in [6, 6.07) is 14.9. The molecule has 26 heavy (non-hydrogen) atoms. The Labute approximate surface area is 152 Å². The van der Waals surface area contributed by atoms with E-state index >= 15 is 0 Å². The lowest BCUT2D eigenvalue weighted by Crippen LogP contribution is -2.13. The van der Waals surface area contributed by atoms with Gasteiger partial charge in [-0.2, -0.15) is 0 Å². The van der Waals surface area contributed by atoms with Crippen LogP contribution in [0.1, 0.15) is 41.3 Å². The molecule has 0 aliphatic heterocycles. The van der Waals surface area contributed by atoms with Crippen molar-refractivity contribution in [2.24, 2.45) is 0 Å². The van der Waals surface area contributed by atoms with E-state index in [4.69, 9.17) is 0 Å². The van der Waals surface area contributed by atoms with Crippen molar-refractivity contribution < 1.29 is 15.0 Å².